The first-order valence-electron chi connectivity index (χ1n) is 9.62. The summed E-state index contributed by atoms with van der Waals surface area (Å²) in [4.78, 5) is 36.6. The van der Waals surface area contributed by atoms with E-state index >= 15 is 0 Å². The van der Waals surface area contributed by atoms with Crippen molar-refractivity contribution in [1.29, 1.82) is 0 Å². The van der Waals surface area contributed by atoms with E-state index in [0.29, 0.717) is 16.7 Å². The first-order chi connectivity index (χ1) is 14.9. The van der Waals surface area contributed by atoms with E-state index in [9.17, 15) is 19.5 Å². The minimum atomic E-state index is -0.317. The van der Waals surface area contributed by atoms with Gasteiger partial charge < -0.3 is 9.52 Å². The molecule has 0 spiro atoms. The van der Waals surface area contributed by atoms with Gasteiger partial charge in [-0.1, -0.05) is 42.5 Å². The fourth-order valence-corrected chi connectivity index (χ4v) is 3.25. The SMILES string of the molecule is CC(=O)c1cc(C(=O)/C=C/c2ccc3oc(C(=O)c4ccccc4)cc3c2)ccc1O. The molecule has 0 radical (unpaired) electrons. The Kier molecular flexibility index (Phi) is 5.33. The van der Waals surface area contributed by atoms with Crippen molar-refractivity contribution in [2.24, 2.45) is 0 Å². The maximum atomic E-state index is 12.6. The van der Waals surface area contributed by atoms with E-state index in [4.69, 9.17) is 4.42 Å². The molecule has 0 saturated heterocycles. The lowest BCUT2D eigenvalue weighted by molar-refractivity contribution is 0.100. The van der Waals surface area contributed by atoms with Crippen LogP contribution in [-0.4, -0.2) is 22.5 Å². The second-order valence-corrected chi connectivity index (χ2v) is 7.09. The molecule has 0 aliphatic rings. The smallest absolute Gasteiger partial charge is 0.228 e. The van der Waals surface area contributed by atoms with Crippen LogP contribution >= 0.6 is 0 Å². The van der Waals surface area contributed by atoms with Crippen molar-refractivity contribution in [2.45, 2.75) is 6.92 Å². The number of Topliss-reactive ketones (excluding diaryl/α,β-unsaturated/α-hetero) is 1. The largest absolute Gasteiger partial charge is 0.507 e. The number of carbonyl (C=O) groups excluding carboxylic acids is 3. The zero-order chi connectivity index (χ0) is 22.0. The standard InChI is InChI=1S/C26H18O5/c1-16(27)21-14-19(9-11-23(21)29)22(28)10-7-17-8-12-24-20(13-17)15-25(31-24)26(30)18-5-3-2-4-6-18/h2-15,29H,1H3/b10-7+. The predicted octanol–water partition coefficient (Wildman–Crippen LogP) is 5.47. The number of hydrogen-bond acceptors (Lipinski definition) is 5. The van der Waals surface area contributed by atoms with Crippen molar-refractivity contribution in [1.82, 2.24) is 0 Å². The number of aromatic hydroxyl groups is 1. The summed E-state index contributed by atoms with van der Waals surface area (Å²) >= 11 is 0. The van der Waals surface area contributed by atoms with Gasteiger partial charge in [-0.25, -0.2) is 0 Å². The molecular weight excluding hydrogens is 392 g/mol. The molecule has 0 bridgehead atoms. The third-order valence-electron chi connectivity index (χ3n) is 4.89. The molecule has 0 aliphatic heterocycles. The fraction of sp³-hybridized carbons (Fsp3) is 0.0385. The lowest BCUT2D eigenvalue weighted by Crippen LogP contribution is -1.99. The highest BCUT2D eigenvalue weighted by molar-refractivity contribution is 6.10. The van der Waals surface area contributed by atoms with E-state index in [1.165, 1.54) is 31.2 Å². The minimum absolute atomic E-state index is 0.106. The molecule has 0 fully saturated rings. The van der Waals surface area contributed by atoms with Gasteiger partial charge >= 0.3 is 0 Å². The van der Waals surface area contributed by atoms with Gasteiger partial charge in [-0.05, 0) is 55.0 Å². The van der Waals surface area contributed by atoms with Crippen molar-refractivity contribution in [3.8, 4) is 5.75 Å². The number of rotatable bonds is 6. The van der Waals surface area contributed by atoms with Gasteiger partial charge in [-0.3, -0.25) is 14.4 Å². The number of furan rings is 1. The number of allylic oxidation sites excluding steroid dienone is 1. The van der Waals surface area contributed by atoms with Crippen molar-refractivity contribution < 1.29 is 23.9 Å². The predicted molar refractivity (Wildman–Crippen MR) is 118 cm³/mol. The molecule has 5 nitrogen and oxygen atoms in total. The van der Waals surface area contributed by atoms with E-state index in [2.05, 4.69) is 0 Å². The summed E-state index contributed by atoms with van der Waals surface area (Å²) in [5.41, 5.74) is 2.29. The van der Waals surface area contributed by atoms with Gasteiger partial charge in [0.1, 0.15) is 11.3 Å². The summed E-state index contributed by atoms with van der Waals surface area (Å²) < 4.78 is 5.68. The highest BCUT2D eigenvalue weighted by atomic mass is 16.3. The normalized spacial score (nSPS) is 11.1. The summed E-state index contributed by atoms with van der Waals surface area (Å²) in [5.74, 6) is -0.714. The molecule has 0 unspecified atom stereocenters. The summed E-state index contributed by atoms with van der Waals surface area (Å²) in [7, 11) is 0. The highest BCUT2D eigenvalue weighted by Crippen LogP contribution is 2.24. The number of benzene rings is 3. The Morgan fingerprint density at radius 1 is 0.871 bits per heavy atom. The lowest BCUT2D eigenvalue weighted by Gasteiger charge is -2.02. The van der Waals surface area contributed by atoms with E-state index in [-0.39, 0.29) is 34.4 Å². The highest BCUT2D eigenvalue weighted by Gasteiger charge is 2.14. The molecule has 5 heteroatoms. The molecular formula is C26H18O5. The Hall–Kier alpha value is -4.25. The molecule has 4 aromatic rings. The molecule has 3 aromatic carbocycles. The number of phenolic OH excluding ortho intramolecular Hbond substituents is 1. The Labute approximate surface area is 178 Å². The van der Waals surface area contributed by atoms with Gasteiger partial charge in [-0.15, -0.1) is 0 Å². The van der Waals surface area contributed by atoms with Crippen molar-refractivity contribution >= 4 is 34.4 Å². The molecule has 1 aromatic heterocycles. The fourth-order valence-electron chi connectivity index (χ4n) is 3.25. The Morgan fingerprint density at radius 3 is 2.39 bits per heavy atom. The average Bonchev–Trinajstić information content (AvgIpc) is 3.21. The van der Waals surface area contributed by atoms with Crippen LogP contribution in [0.5, 0.6) is 5.75 Å². The minimum Gasteiger partial charge on any atom is -0.507 e. The monoisotopic (exact) mass is 410 g/mol. The molecule has 0 atom stereocenters. The average molecular weight is 410 g/mol. The van der Waals surface area contributed by atoms with Gasteiger partial charge in [0, 0.05) is 16.5 Å². The van der Waals surface area contributed by atoms with Gasteiger partial charge in [0.05, 0.1) is 5.56 Å². The Bertz CT molecular complexity index is 1340. The van der Waals surface area contributed by atoms with Crippen molar-refractivity contribution in [3.63, 3.8) is 0 Å². The Morgan fingerprint density at radius 2 is 1.65 bits per heavy atom. The second kappa shape index (κ2) is 8.24. The van der Waals surface area contributed by atoms with Gasteiger partial charge in [0.15, 0.2) is 17.3 Å². The zero-order valence-electron chi connectivity index (χ0n) is 16.7. The maximum absolute atomic E-state index is 12.6. The third kappa shape index (κ3) is 4.21. The quantitative estimate of drug-likeness (QED) is 0.337. The summed E-state index contributed by atoms with van der Waals surface area (Å²) in [5, 5.41) is 10.5. The molecule has 0 saturated carbocycles. The van der Waals surface area contributed by atoms with Gasteiger partial charge in [0.2, 0.25) is 5.78 Å². The molecule has 1 heterocycles. The first-order valence-corrected chi connectivity index (χ1v) is 9.62. The number of carbonyl (C=O) groups is 3. The molecule has 4 rings (SSSR count). The van der Waals surface area contributed by atoms with Crippen molar-refractivity contribution in [2.75, 3.05) is 0 Å². The zero-order valence-corrected chi connectivity index (χ0v) is 16.7. The molecule has 0 amide bonds. The Balaban J connectivity index is 1.57. The summed E-state index contributed by atoms with van der Waals surface area (Å²) in [6.07, 6.45) is 3.04. The molecule has 0 aliphatic carbocycles. The van der Waals surface area contributed by atoms with Crippen LogP contribution in [0.4, 0.5) is 0 Å². The van der Waals surface area contributed by atoms with Crippen LogP contribution in [-0.2, 0) is 0 Å². The van der Waals surface area contributed by atoms with Crippen LogP contribution < -0.4 is 0 Å². The van der Waals surface area contributed by atoms with Crippen LogP contribution in [0.1, 0.15) is 49.3 Å². The number of fused-ring (bicyclic) bond motifs is 1. The van der Waals surface area contributed by atoms with Crippen LogP contribution in [0.3, 0.4) is 0 Å². The number of hydrogen-bond donors (Lipinski definition) is 1. The van der Waals surface area contributed by atoms with Crippen LogP contribution in [0.25, 0.3) is 17.0 Å². The van der Waals surface area contributed by atoms with E-state index in [0.717, 1.165) is 10.9 Å². The second-order valence-electron chi connectivity index (χ2n) is 7.09. The third-order valence-corrected chi connectivity index (χ3v) is 4.89. The van der Waals surface area contributed by atoms with Crippen LogP contribution in [0.2, 0.25) is 0 Å². The molecule has 31 heavy (non-hydrogen) atoms. The maximum Gasteiger partial charge on any atom is 0.228 e. The lowest BCUT2D eigenvalue weighted by atomic mass is 10.0. The van der Waals surface area contributed by atoms with Crippen molar-refractivity contribution in [3.05, 3.63) is 107 Å². The van der Waals surface area contributed by atoms with E-state index < -0.39 is 0 Å². The number of ketones is 3. The van der Waals surface area contributed by atoms with E-state index in [1.807, 2.05) is 12.1 Å². The first kappa shape index (κ1) is 20.0. The number of phenols is 1. The van der Waals surface area contributed by atoms with Gasteiger partial charge in [-0.2, -0.15) is 0 Å². The van der Waals surface area contributed by atoms with Crippen LogP contribution in [0.15, 0.2) is 83.3 Å². The summed E-state index contributed by atoms with van der Waals surface area (Å²) in [6, 6.07) is 20.1. The topological polar surface area (TPSA) is 84.6 Å². The molecule has 152 valence electrons. The van der Waals surface area contributed by atoms with E-state index in [1.54, 1.807) is 48.5 Å². The van der Waals surface area contributed by atoms with Gasteiger partial charge in [0.25, 0.3) is 0 Å². The summed E-state index contributed by atoms with van der Waals surface area (Å²) in [6.45, 7) is 1.33. The van der Waals surface area contributed by atoms with Crippen LogP contribution in [0, 0.1) is 0 Å². The molecule has 1 N–H and O–H groups in total.